The summed E-state index contributed by atoms with van der Waals surface area (Å²) in [7, 11) is 0. The molecule has 1 aliphatic rings. The fourth-order valence-corrected chi connectivity index (χ4v) is 1.96. The number of carbonyl (C=O) groups is 1. The maximum Gasteiger partial charge on any atom is 0.224 e. The van der Waals surface area contributed by atoms with Crippen LogP contribution in [0.2, 0.25) is 0 Å². The van der Waals surface area contributed by atoms with Gasteiger partial charge < -0.3 is 15.6 Å². The van der Waals surface area contributed by atoms with Crippen molar-refractivity contribution in [3.05, 3.63) is 29.8 Å². The Bertz CT molecular complexity index is 589. The number of aromatic nitrogens is 1. The van der Waals surface area contributed by atoms with E-state index in [1.54, 1.807) is 6.07 Å². The molecule has 1 aromatic carbocycles. The van der Waals surface area contributed by atoms with Gasteiger partial charge in [-0.15, -0.1) is 0 Å². The molecule has 3 rings (SSSR count). The molecule has 1 aliphatic heterocycles. The summed E-state index contributed by atoms with van der Waals surface area (Å²) < 4.78 is 4.82. The molecule has 1 amide bonds. The van der Waals surface area contributed by atoms with Gasteiger partial charge in [-0.05, 0) is 18.1 Å². The zero-order valence-electron chi connectivity index (χ0n) is 9.06. The number of nitrogens with zero attached hydrogens (tertiary/aromatic N) is 1. The predicted octanol–water partition coefficient (Wildman–Crippen LogP) is 1.81. The number of hydrogen-bond acceptors (Lipinski definition) is 4. The number of hydrogen-bond donors (Lipinski definition) is 2. The molecule has 1 aromatic heterocycles. The summed E-state index contributed by atoms with van der Waals surface area (Å²) >= 11 is 0. The van der Waals surface area contributed by atoms with E-state index in [4.69, 9.17) is 10.3 Å². The summed E-state index contributed by atoms with van der Waals surface area (Å²) in [4.78, 5) is 11.3. The second-order valence-electron chi connectivity index (χ2n) is 4.03. The van der Waals surface area contributed by atoms with Crippen LogP contribution < -0.4 is 11.1 Å². The molecule has 0 radical (unpaired) electrons. The Morgan fingerprint density at radius 1 is 1.29 bits per heavy atom. The Morgan fingerprint density at radius 3 is 2.94 bits per heavy atom. The van der Waals surface area contributed by atoms with E-state index in [9.17, 15) is 4.79 Å². The zero-order chi connectivity index (χ0) is 11.8. The van der Waals surface area contributed by atoms with Crippen LogP contribution in [0.1, 0.15) is 12.0 Å². The van der Waals surface area contributed by atoms with Crippen molar-refractivity contribution < 1.29 is 9.32 Å². The number of amides is 1. The summed E-state index contributed by atoms with van der Waals surface area (Å²) in [6, 6.07) is 7.50. The van der Waals surface area contributed by atoms with Gasteiger partial charge in [0.05, 0.1) is 0 Å². The average molecular weight is 229 g/mol. The monoisotopic (exact) mass is 229 g/mol. The fraction of sp³-hybridized carbons (Fsp3) is 0.167. The molecule has 0 fully saturated rings. The van der Waals surface area contributed by atoms with E-state index in [0.29, 0.717) is 12.1 Å². The maximum absolute atomic E-state index is 11.3. The Labute approximate surface area is 97.6 Å². The second-order valence-corrected chi connectivity index (χ2v) is 4.03. The molecule has 0 saturated heterocycles. The van der Waals surface area contributed by atoms with E-state index in [1.165, 1.54) is 0 Å². The van der Waals surface area contributed by atoms with E-state index < -0.39 is 0 Å². The van der Waals surface area contributed by atoms with E-state index >= 15 is 0 Å². The molecule has 5 nitrogen and oxygen atoms in total. The van der Waals surface area contributed by atoms with Crippen LogP contribution in [0.25, 0.3) is 11.3 Å². The van der Waals surface area contributed by atoms with Gasteiger partial charge in [-0.2, -0.15) is 0 Å². The molecule has 2 aromatic rings. The molecule has 0 saturated carbocycles. The van der Waals surface area contributed by atoms with Crippen LogP contribution in [-0.4, -0.2) is 11.1 Å². The molecule has 3 N–H and O–H groups in total. The van der Waals surface area contributed by atoms with E-state index in [-0.39, 0.29) is 11.8 Å². The van der Waals surface area contributed by atoms with Gasteiger partial charge in [0.1, 0.15) is 5.69 Å². The number of nitrogens with two attached hydrogens (primary N) is 1. The standard InChI is InChI=1S/C12H11N3O2/c13-11-6-10(15-17-11)8-2-1-7-3-4-12(16)14-9(7)5-8/h1-2,5-6H,3-4,13H2,(H,14,16). The van der Waals surface area contributed by atoms with Crippen molar-refractivity contribution in [1.82, 2.24) is 5.16 Å². The van der Waals surface area contributed by atoms with Crippen LogP contribution >= 0.6 is 0 Å². The van der Waals surface area contributed by atoms with Crippen molar-refractivity contribution in [3.8, 4) is 11.3 Å². The molecular weight excluding hydrogens is 218 g/mol. The first-order valence-electron chi connectivity index (χ1n) is 5.38. The van der Waals surface area contributed by atoms with Crippen LogP contribution in [0.5, 0.6) is 0 Å². The smallest absolute Gasteiger partial charge is 0.224 e. The van der Waals surface area contributed by atoms with Gasteiger partial charge in [0.15, 0.2) is 0 Å². The van der Waals surface area contributed by atoms with Gasteiger partial charge in [0.2, 0.25) is 11.8 Å². The highest BCUT2D eigenvalue weighted by Gasteiger charge is 2.15. The second kappa shape index (κ2) is 3.62. The number of benzene rings is 1. The minimum absolute atomic E-state index is 0.0503. The molecule has 0 bridgehead atoms. The Morgan fingerprint density at radius 2 is 2.18 bits per heavy atom. The number of aryl methyl sites for hydroxylation is 1. The molecule has 0 spiro atoms. The van der Waals surface area contributed by atoms with Crippen LogP contribution in [-0.2, 0) is 11.2 Å². The van der Waals surface area contributed by atoms with Crippen molar-refractivity contribution in [2.75, 3.05) is 11.1 Å². The minimum Gasteiger partial charge on any atom is -0.368 e. The van der Waals surface area contributed by atoms with Gasteiger partial charge in [-0.1, -0.05) is 17.3 Å². The largest absolute Gasteiger partial charge is 0.368 e. The van der Waals surface area contributed by atoms with Gasteiger partial charge in [-0.25, -0.2) is 0 Å². The van der Waals surface area contributed by atoms with Gasteiger partial charge in [-0.3, -0.25) is 4.79 Å². The fourth-order valence-electron chi connectivity index (χ4n) is 1.96. The third-order valence-corrected chi connectivity index (χ3v) is 2.83. The summed E-state index contributed by atoms with van der Waals surface area (Å²) in [6.07, 6.45) is 1.33. The minimum atomic E-state index is 0.0503. The number of carbonyl (C=O) groups excluding carboxylic acids is 1. The lowest BCUT2D eigenvalue weighted by Gasteiger charge is -2.16. The molecule has 17 heavy (non-hydrogen) atoms. The quantitative estimate of drug-likeness (QED) is 0.781. The van der Waals surface area contributed by atoms with Crippen molar-refractivity contribution in [1.29, 1.82) is 0 Å². The number of rotatable bonds is 1. The number of nitrogen functional groups attached to an aromatic ring is 1. The molecule has 86 valence electrons. The van der Waals surface area contributed by atoms with E-state index in [2.05, 4.69) is 10.5 Å². The van der Waals surface area contributed by atoms with E-state index in [0.717, 1.165) is 23.2 Å². The topological polar surface area (TPSA) is 81.1 Å². The Kier molecular flexibility index (Phi) is 2.11. The summed E-state index contributed by atoms with van der Waals surface area (Å²) in [5, 5.41) is 6.69. The number of nitrogens with one attached hydrogen (secondary N) is 1. The highest BCUT2D eigenvalue weighted by atomic mass is 16.5. The lowest BCUT2D eigenvalue weighted by molar-refractivity contribution is -0.116. The molecule has 0 aliphatic carbocycles. The van der Waals surface area contributed by atoms with Gasteiger partial charge in [0, 0.05) is 23.7 Å². The van der Waals surface area contributed by atoms with E-state index in [1.807, 2.05) is 18.2 Å². The molecular formula is C12H11N3O2. The van der Waals surface area contributed by atoms with Crippen molar-refractivity contribution in [2.24, 2.45) is 0 Å². The predicted molar refractivity (Wildman–Crippen MR) is 63.3 cm³/mol. The molecule has 2 heterocycles. The van der Waals surface area contributed by atoms with Crippen LogP contribution in [0.4, 0.5) is 11.6 Å². The molecule has 5 heteroatoms. The molecule has 0 atom stereocenters. The first kappa shape index (κ1) is 9.89. The lowest BCUT2D eigenvalue weighted by atomic mass is 10.00. The van der Waals surface area contributed by atoms with Crippen molar-refractivity contribution >= 4 is 17.5 Å². The first-order chi connectivity index (χ1) is 8.22. The summed E-state index contributed by atoms with van der Waals surface area (Å²) in [5.41, 5.74) is 9.02. The normalized spacial score (nSPS) is 14.2. The Balaban J connectivity index is 2.03. The first-order valence-corrected chi connectivity index (χ1v) is 5.38. The third kappa shape index (κ3) is 1.75. The highest BCUT2D eigenvalue weighted by Crippen LogP contribution is 2.29. The van der Waals surface area contributed by atoms with Crippen molar-refractivity contribution in [3.63, 3.8) is 0 Å². The number of anilines is 2. The lowest BCUT2D eigenvalue weighted by Crippen LogP contribution is -2.18. The van der Waals surface area contributed by atoms with Crippen LogP contribution in [0, 0.1) is 0 Å². The number of fused-ring (bicyclic) bond motifs is 1. The SMILES string of the molecule is Nc1cc(-c2ccc3c(c2)NC(=O)CC3)no1. The highest BCUT2D eigenvalue weighted by molar-refractivity contribution is 5.94. The Hall–Kier alpha value is -2.30. The third-order valence-electron chi connectivity index (χ3n) is 2.83. The van der Waals surface area contributed by atoms with Crippen molar-refractivity contribution in [2.45, 2.75) is 12.8 Å². The van der Waals surface area contributed by atoms with Crippen LogP contribution in [0.3, 0.4) is 0 Å². The summed E-state index contributed by atoms with van der Waals surface area (Å²) in [5.74, 6) is 0.330. The van der Waals surface area contributed by atoms with Gasteiger partial charge >= 0.3 is 0 Å². The zero-order valence-corrected chi connectivity index (χ0v) is 9.06. The average Bonchev–Trinajstić information content (AvgIpc) is 2.75. The maximum atomic E-state index is 11.3. The summed E-state index contributed by atoms with van der Waals surface area (Å²) in [6.45, 7) is 0. The molecule has 0 unspecified atom stereocenters. The van der Waals surface area contributed by atoms with Crippen LogP contribution in [0.15, 0.2) is 28.8 Å². The van der Waals surface area contributed by atoms with Gasteiger partial charge in [0.25, 0.3) is 0 Å².